The first-order chi connectivity index (χ1) is 8.60. The molecule has 2 aromatic rings. The predicted molar refractivity (Wildman–Crippen MR) is 67.3 cm³/mol. The highest BCUT2D eigenvalue weighted by Crippen LogP contribution is 2.26. The fraction of sp³-hybridized carbons (Fsp3) is 0.231. The molecule has 2 N–H and O–H groups in total. The van der Waals surface area contributed by atoms with Gasteiger partial charge in [-0.25, -0.2) is 4.39 Å². The quantitative estimate of drug-likeness (QED) is 0.925. The van der Waals surface area contributed by atoms with Crippen molar-refractivity contribution in [1.29, 1.82) is 0 Å². The molecule has 0 saturated carbocycles. The minimum absolute atomic E-state index is 0.0560. The summed E-state index contributed by atoms with van der Waals surface area (Å²) in [5.41, 5.74) is 5.63. The number of nitrogens with two attached hydrogens (primary N) is 1. The number of rotatable bonds is 4. The Bertz CT molecular complexity index is 542. The van der Waals surface area contributed by atoms with Crippen molar-refractivity contribution in [2.24, 2.45) is 5.73 Å². The summed E-state index contributed by atoms with van der Waals surface area (Å²) in [6.07, 6.45) is -0.445. The molecular weight excluding hydrogens is 257 g/mol. The number of hydrogen-bond donors (Lipinski definition) is 1. The second kappa shape index (κ2) is 5.42. The Morgan fingerprint density at radius 3 is 2.72 bits per heavy atom. The lowest BCUT2D eigenvalue weighted by molar-refractivity contribution is 0.182. The number of hydrogen-bond acceptors (Lipinski definition) is 3. The van der Waals surface area contributed by atoms with Gasteiger partial charge in [0.25, 0.3) is 0 Å². The smallest absolute Gasteiger partial charge is 0.168 e. The van der Waals surface area contributed by atoms with Crippen LogP contribution in [0, 0.1) is 12.7 Å². The van der Waals surface area contributed by atoms with E-state index in [0.717, 1.165) is 5.76 Å². The molecule has 3 nitrogen and oxygen atoms in total. The zero-order chi connectivity index (χ0) is 13.1. The maximum absolute atomic E-state index is 13.3. The fourth-order valence-electron chi connectivity index (χ4n) is 1.56. The Balaban J connectivity index is 2.17. The largest absolute Gasteiger partial charge is 0.481 e. The van der Waals surface area contributed by atoms with Gasteiger partial charge in [0.15, 0.2) is 6.10 Å². The van der Waals surface area contributed by atoms with Gasteiger partial charge in [-0.15, -0.1) is 0 Å². The zero-order valence-corrected chi connectivity index (χ0v) is 10.6. The van der Waals surface area contributed by atoms with Crippen LogP contribution >= 0.6 is 11.6 Å². The van der Waals surface area contributed by atoms with Crippen LogP contribution in [-0.2, 0) is 0 Å². The molecule has 1 atom stereocenters. The van der Waals surface area contributed by atoms with Crippen molar-refractivity contribution in [3.63, 3.8) is 0 Å². The van der Waals surface area contributed by atoms with Gasteiger partial charge in [-0.3, -0.25) is 0 Å². The van der Waals surface area contributed by atoms with Gasteiger partial charge >= 0.3 is 0 Å². The van der Waals surface area contributed by atoms with E-state index in [1.807, 2.05) is 13.0 Å². The summed E-state index contributed by atoms with van der Waals surface area (Å²) >= 11 is 5.60. The number of ether oxygens (including phenoxy) is 1. The molecule has 1 unspecified atom stereocenters. The van der Waals surface area contributed by atoms with E-state index in [9.17, 15) is 4.39 Å². The molecule has 0 fully saturated rings. The summed E-state index contributed by atoms with van der Waals surface area (Å²) in [4.78, 5) is 0. The first kappa shape index (κ1) is 12.9. The molecule has 2 rings (SSSR count). The van der Waals surface area contributed by atoms with Gasteiger partial charge in [0, 0.05) is 12.6 Å². The Morgan fingerprint density at radius 1 is 1.39 bits per heavy atom. The van der Waals surface area contributed by atoms with E-state index in [0.29, 0.717) is 11.5 Å². The molecule has 0 saturated heterocycles. The lowest BCUT2D eigenvalue weighted by Gasteiger charge is -2.15. The van der Waals surface area contributed by atoms with E-state index in [1.165, 1.54) is 12.1 Å². The first-order valence-electron chi connectivity index (χ1n) is 5.48. The van der Waals surface area contributed by atoms with E-state index >= 15 is 0 Å². The molecule has 1 heterocycles. The van der Waals surface area contributed by atoms with Crippen LogP contribution in [0.2, 0.25) is 5.02 Å². The van der Waals surface area contributed by atoms with E-state index in [4.69, 9.17) is 26.5 Å². The molecule has 0 aliphatic carbocycles. The Labute approximate surface area is 109 Å². The minimum atomic E-state index is -0.527. The van der Waals surface area contributed by atoms with E-state index in [-0.39, 0.29) is 11.6 Å². The van der Waals surface area contributed by atoms with E-state index < -0.39 is 11.9 Å². The van der Waals surface area contributed by atoms with Gasteiger partial charge in [0.05, 0.1) is 5.02 Å². The molecule has 1 aromatic carbocycles. The Hall–Kier alpha value is -1.52. The SMILES string of the molecule is Cc1ccc(C(CN)Oc2ccc(Cl)c(F)c2)o1. The first-order valence-corrected chi connectivity index (χ1v) is 5.86. The Morgan fingerprint density at radius 2 is 2.17 bits per heavy atom. The van der Waals surface area contributed by atoms with E-state index in [2.05, 4.69) is 0 Å². The van der Waals surface area contributed by atoms with Gasteiger partial charge in [0.2, 0.25) is 0 Å². The van der Waals surface area contributed by atoms with Crippen molar-refractivity contribution >= 4 is 11.6 Å². The number of halogens is 2. The zero-order valence-electron chi connectivity index (χ0n) is 9.82. The van der Waals surface area contributed by atoms with Crippen LogP contribution in [0.15, 0.2) is 34.7 Å². The average Bonchev–Trinajstić information content (AvgIpc) is 2.77. The summed E-state index contributed by atoms with van der Waals surface area (Å²) < 4.78 is 24.3. The highest BCUT2D eigenvalue weighted by molar-refractivity contribution is 6.30. The van der Waals surface area contributed by atoms with Crippen LogP contribution < -0.4 is 10.5 Å². The summed E-state index contributed by atoms with van der Waals surface area (Å²) in [7, 11) is 0. The second-order valence-electron chi connectivity index (χ2n) is 3.87. The van der Waals surface area contributed by atoms with Crippen molar-refractivity contribution in [3.05, 3.63) is 52.7 Å². The third-order valence-corrected chi connectivity index (χ3v) is 2.77. The summed E-state index contributed by atoms with van der Waals surface area (Å²) in [5.74, 6) is 1.22. The van der Waals surface area contributed by atoms with Crippen LogP contribution in [0.4, 0.5) is 4.39 Å². The summed E-state index contributed by atoms with van der Waals surface area (Å²) in [6.45, 7) is 2.07. The molecule has 0 aliphatic heterocycles. The molecule has 0 spiro atoms. The average molecular weight is 270 g/mol. The highest BCUT2D eigenvalue weighted by Gasteiger charge is 2.16. The van der Waals surface area contributed by atoms with Crippen molar-refractivity contribution in [2.75, 3.05) is 6.54 Å². The van der Waals surface area contributed by atoms with E-state index in [1.54, 1.807) is 12.1 Å². The van der Waals surface area contributed by atoms with Crippen LogP contribution in [0.3, 0.4) is 0 Å². The molecule has 0 bridgehead atoms. The number of benzene rings is 1. The fourth-order valence-corrected chi connectivity index (χ4v) is 1.68. The van der Waals surface area contributed by atoms with Crippen LogP contribution in [0.25, 0.3) is 0 Å². The normalized spacial score (nSPS) is 12.4. The standard InChI is InChI=1S/C13H13ClFNO2/c1-8-2-5-12(17-8)13(7-16)18-9-3-4-10(14)11(15)6-9/h2-6,13H,7,16H2,1H3. The molecule has 0 amide bonds. The second-order valence-corrected chi connectivity index (χ2v) is 4.27. The lowest BCUT2D eigenvalue weighted by Crippen LogP contribution is -2.17. The Kier molecular flexibility index (Phi) is 3.89. The van der Waals surface area contributed by atoms with Crippen LogP contribution in [0.1, 0.15) is 17.6 Å². The predicted octanol–water partition coefficient (Wildman–Crippen LogP) is 3.46. The lowest BCUT2D eigenvalue weighted by atomic mass is 10.2. The molecule has 0 radical (unpaired) electrons. The third-order valence-electron chi connectivity index (χ3n) is 2.46. The minimum Gasteiger partial charge on any atom is -0.481 e. The number of aryl methyl sites for hydroxylation is 1. The molecule has 1 aromatic heterocycles. The molecule has 0 aliphatic rings. The summed E-state index contributed by atoms with van der Waals surface area (Å²) in [6, 6.07) is 7.86. The van der Waals surface area contributed by atoms with Crippen molar-refractivity contribution < 1.29 is 13.5 Å². The maximum atomic E-state index is 13.3. The molecule has 18 heavy (non-hydrogen) atoms. The van der Waals surface area contributed by atoms with Gasteiger partial charge < -0.3 is 14.9 Å². The highest BCUT2D eigenvalue weighted by atomic mass is 35.5. The van der Waals surface area contributed by atoms with Crippen molar-refractivity contribution in [1.82, 2.24) is 0 Å². The maximum Gasteiger partial charge on any atom is 0.168 e. The van der Waals surface area contributed by atoms with Gasteiger partial charge in [-0.05, 0) is 31.2 Å². The molecule has 5 heteroatoms. The van der Waals surface area contributed by atoms with Crippen molar-refractivity contribution in [2.45, 2.75) is 13.0 Å². The molecular formula is C13H13ClFNO2. The van der Waals surface area contributed by atoms with Crippen LogP contribution in [-0.4, -0.2) is 6.54 Å². The third kappa shape index (κ3) is 2.83. The monoisotopic (exact) mass is 269 g/mol. The number of furan rings is 1. The van der Waals surface area contributed by atoms with Gasteiger partial charge in [-0.2, -0.15) is 0 Å². The van der Waals surface area contributed by atoms with Crippen molar-refractivity contribution in [3.8, 4) is 5.75 Å². The topological polar surface area (TPSA) is 48.4 Å². The van der Waals surface area contributed by atoms with Gasteiger partial charge in [-0.1, -0.05) is 11.6 Å². The van der Waals surface area contributed by atoms with Crippen LogP contribution in [0.5, 0.6) is 5.75 Å². The molecule has 96 valence electrons. The summed E-state index contributed by atoms with van der Waals surface area (Å²) in [5, 5.41) is 0.0560. The van der Waals surface area contributed by atoms with Gasteiger partial charge in [0.1, 0.15) is 23.1 Å².